The molecule has 2 aliphatic heterocycles. The zero-order chi connectivity index (χ0) is 20.2. The third-order valence-corrected chi connectivity index (χ3v) is 6.31. The molecule has 0 aliphatic carbocycles. The summed E-state index contributed by atoms with van der Waals surface area (Å²) in [7, 11) is 1.69. The van der Waals surface area contributed by atoms with E-state index in [2.05, 4.69) is 22.3 Å². The van der Waals surface area contributed by atoms with Crippen LogP contribution >= 0.6 is 0 Å². The van der Waals surface area contributed by atoms with E-state index in [0.29, 0.717) is 12.5 Å². The SMILES string of the molecule is COc1cccc([C@H]2CN(C(=O)CCCc3ccc(F)cc3)[C@@H]3CCCN[C@H]23)c1. The number of hydrogen-bond acceptors (Lipinski definition) is 3. The van der Waals surface area contributed by atoms with Gasteiger partial charge in [0, 0.05) is 31.0 Å². The van der Waals surface area contributed by atoms with E-state index < -0.39 is 0 Å². The normalized spacial score (nSPS) is 23.7. The van der Waals surface area contributed by atoms with Crippen molar-refractivity contribution in [3.63, 3.8) is 0 Å². The fraction of sp³-hybridized carbons (Fsp3) is 0.458. The number of ether oxygens (including phenoxy) is 1. The van der Waals surface area contributed by atoms with E-state index in [1.165, 1.54) is 17.7 Å². The zero-order valence-corrected chi connectivity index (χ0v) is 16.9. The summed E-state index contributed by atoms with van der Waals surface area (Å²) in [6, 6.07) is 15.4. The van der Waals surface area contributed by atoms with Gasteiger partial charge in [-0.2, -0.15) is 0 Å². The Balaban J connectivity index is 1.42. The number of carbonyl (C=O) groups excluding carboxylic acids is 1. The number of carbonyl (C=O) groups is 1. The van der Waals surface area contributed by atoms with Crippen LogP contribution in [0.2, 0.25) is 0 Å². The Morgan fingerprint density at radius 3 is 2.86 bits per heavy atom. The second kappa shape index (κ2) is 8.95. The van der Waals surface area contributed by atoms with Crippen LogP contribution in [0.25, 0.3) is 0 Å². The molecule has 0 bridgehead atoms. The van der Waals surface area contributed by atoms with Gasteiger partial charge >= 0.3 is 0 Å². The molecule has 2 aromatic rings. The molecule has 4 nitrogen and oxygen atoms in total. The van der Waals surface area contributed by atoms with Gasteiger partial charge in [0.25, 0.3) is 0 Å². The monoisotopic (exact) mass is 396 g/mol. The standard InChI is InChI=1S/C24H29FN2O2/c1-29-20-7-3-6-18(15-20)21-16-27(22-8-4-14-26-24(21)22)23(28)9-2-5-17-10-12-19(25)13-11-17/h3,6-7,10-13,15,21-22,24,26H,2,4-5,8-9,14,16H2,1H3/t21-,22-,24-/m1/s1. The fourth-order valence-electron chi connectivity index (χ4n) is 4.83. The first-order valence-electron chi connectivity index (χ1n) is 10.6. The van der Waals surface area contributed by atoms with Crippen molar-refractivity contribution in [2.24, 2.45) is 0 Å². The Morgan fingerprint density at radius 1 is 1.24 bits per heavy atom. The van der Waals surface area contributed by atoms with Crippen LogP contribution in [0.15, 0.2) is 48.5 Å². The molecule has 2 aromatic carbocycles. The van der Waals surface area contributed by atoms with Crippen molar-refractivity contribution >= 4 is 5.91 Å². The lowest BCUT2D eigenvalue weighted by molar-refractivity contribution is -0.132. The average Bonchev–Trinajstić information content (AvgIpc) is 3.15. The Kier molecular flexibility index (Phi) is 6.14. The average molecular weight is 397 g/mol. The van der Waals surface area contributed by atoms with E-state index >= 15 is 0 Å². The van der Waals surface area contributed by atoms with Crippen molar-refractivity contribution in [1.82, 2.24) is 10.2 Å². The molecular formula is C24H29FN2O2. The first-order valence-corrected chi connectivity index (χ1v) is 10.6. The number of piperidine rings is 1. The Morgan fingerprint density at radius 2 is 2.07 bits per heavy atom. The zero-order valence-electron chi connectivity index (χ0n) is 16.9. The molecule has 1 N–H and O–H groups in total. The smallest absolute Gasteiger partial charge is 0.222 e. The van der Waals surface area contributed by atoms with E-state index in [1.54, 1.807) is 19.2 Å². The lowest BCUT2D eigenvalue weighted by Gasteiger charge is -2.33. The molecule has 0 aromatic heterocycles. The molecule has 1 amide bonds. The van der Waals surface area contributed by atoms with E-state index in [4.69, 9.17) is 4.74 Å². The molecule has 2 saturated heterocycles. The molecule has 2 heterocycles. The molecule has 2 aliphatic rings. The second-order valence-electron chi connectivity index (χ2n) is 8.10. The van der Waals surface area contributed by atoms with Crippen LogP contribution in [-0.4, -0.2) is 43.1 Å². The molecular weight excluding hydrogens is 367 g/mol. The number of nitrogens with one attached hydrogen (secondary N) is 1. The molecule has 0 spiro atoms. The highest BCUT2D eigenvalue weighted by Crippen LogP contribution is 2.37. The van der Waals surface area contributed by atoms with Gasteiger partial charge < -0.3 is 15.0 Å². The summed E-state index contributed by atoms with van der Waals surface area (Å²) in [5, 5.41) is 3.67. The summed E-state index contributed by atoms with van der Waals surface area (Å²) in [5.74, 6) is 1.16. The first-order chi connectivity index (χ1) is 14.2. The number of halogens is 1. The predicted molar refractivity (Wildman–Crippen MR) is 112 cm³/mol. The lowest BCUT2D eigenvalue weighted by Crippen LogP contribution is -2.49. The largest absolute Gasteiger partial charge is 0.497 e. The van der Waals surface area contributed by atoms with Crippen LogP contribution in [0.1, 0.15) is 42.7 Å². The summed E-state index contributed by atoms with van der Waals surface area (Å²) in [5.41, 5.74) is 2.31. The van der Waals surface area contributed by atoms with Crippen molar-refractivity contribution in [1.29, 1.82) is 0 Å². The maximum Gasteiger partial charge on any atom is 0.222 e. The number of methoxy groups -OCH3 is 1. The minimum atomic E-state index is -0.221. The van der Waals surface area contributed by atoms with Gasteiger partial charge in [0.1, 0.15) is 11.6 Å². The third-order valence-electron chi connectivity index (χ3n) is 6.31. The van der Waals surface area contributed by atoms with E-state index in [1.807, 2.05) is 12.1 Å². The Hall–Kier alpha value is -2.40. The molecule has 4 rings (SSSR count). The molecule has 3 atom stereocenters. The van der Waals surface area contributed by atoms with Crippen LogP contribution in [-0.2, 0) is 11.2 Å². The molecule has 29 heavy (non-hydrogen) atoms. The van der Waals surface area contributed by atoms with E-state index in [-0.39, 0.29) is 23.7 Å². The number of aryl methyl sites for hydroxylation is 1. The minimum absolute atomic E-state index is 0.221. The summed E-state index contributed by atoms with van der Waals surface area (Å²) in [6.07, 6.45) is 4.28. The number of likely N-dealkylation sites (tertiary alicyclic amines) is 1. The lowest BCUT2D eigenvalue weighted by atomic mass is 9.87. The number of hydrogen-bond donors (Lipinski definition) is 1. The number of rotatable bonds is 6. The first kappa shape index (κ1) is 19.9. The quantitative estimate of drug-likeness (QED) is 0.805. The van der Waals surface area contributed by atoms with Gasteiger partial charge in [0.05, 0.1) is 7.11 Å². The number of benzene rings is 2. The molecule has 0 unspecified atom stereocenters. The molecule has 154 valence electrons. The third kappa shape index (κ3) is 4.45. The van der Waals surface area contributed by atoms with E-state index in [0.717, 1.165) is 50.1 Å². The maximum absolute atomic E-state index is 13.1. The van der Waals surface area contributed by atoms with Crippen LogP contribution in [0.3, 0.4) is 0 Å². The van der Waals surface area contributed by atoms with Gasteiger partial charge in [0.2, 0.25) is 5.91 Å². The van der Waals surface area contributed by atoms with Crippen LogP contribution < -0.4 is 10.1 Å². The minimum Gasteiger partial charge on any atom is -0.497 e. The van der Waals surface area contributed by atoms with Gasteiger partial charge in [-0.1, -0.05) is 24.3 Å². The molecule has 5 heteroatoms. The number of amides is 1. The van der Waals surface area contributed by atoms with Crippen molar-refractivity contribution in [2.45, 2.75) is 50.1 Å². The van der Waals surface area contributed by atoms with Crippen molar-refractivity contribution < 1.29 is 13.9 Å². The topological polar surface area (TPSA) is 41.6 Å². The highest BCUT2D eigenvalue weighted by molar-refractivity contribution is 5.77. The van der Waals surface area contributed by atoms with Crippen molar-refractivity contribution in [3.8, 4) is 5.75 Å². The number of fused-ring (bicyclic) bond motifs is 1. The van der Waals surface area contributed by atoms with Crippen molar-refractivity contribution in [3.05, 3.63) is 65.5 Å². The highest BCUT2D eigenvalue weighted by atomic mass is 19.1. The summed E-state index contributed by atoms with van der Waals surface area (Å²) in [6.45, 7) is 1.76. The van der Waals surface area contributed by atoms with Crippen LogP contribution in [0.4, 0.5) is 4.39 Å². The highest BCUT2D eigenvalue weighted by Gasteiger charge is 2.45. The summed E-state index contributed by atoms with van der Waals surface area (Å²) < 4.78 is 18.5. The Labute approximate surface area is 172 Å². The summed E-state index contributed by atoms with van der Waals surface area (Å²) in [4.78, 5) is 15.2. The molecule has 0 saturated carbocycles. The second-order valence-corrected chi connectivity index (χ2v) is 8.10. The van der Waals surface area contributed by atoms with Gasteiger partial charge in [-0.05, 0) is 67.6 Å². The number of nitrogens with zero attached hydrogens (tertiary/aromatic N) is 1. The van der Waals surface area contributed by atoms with Crippen LogP contribution in [0, 0.1) is 5.82 Å². The van der Waals surface area contributed by atoms with Gasteiger partial charge in [-0.25, -0.2) is 4.39 Å². The fourth-order valence-corrected chi connectivity index (χ4v) is 4.83. The van der Waals surface area contributed by atoms with Crippen LogP contribution in [0.5, 0.6) is 5.75 Å². The maximum atomic E-state index is 13.1. The summed E-state index contributed by atoms with van der Waals surface area (Å²) >= 11 is 0. The Bertz CT molecular complexity index is 839. The van der Waals surface area contributed by atoms with E-state index in [9.17, 15) is 9.18 Å². The predicted octanol–water partition coefficient (Wildman–Crippen LogP) is 3.90. The van der Waals surface area contributed by atoms with Gasteiger partial charge in [0.15, 0.2) is 0 Å². The van der Waals surface area contributed by atoms with Gasteiger partial charge in [-0.15, -0.1) is 0 Å². The van der Waals surface area contributed by atoms with Gasteiger partial charge in [-0.3, -0.25) is 4.79 Å². The molecule has 2 fully saturated rings. The van der Waals surface area contributed by atoms with Crippen molar-refractivity contribution in [2.75, 3.05) is 20.2 Å². The molecule has 0 radical (unpaired) electrons.